The smallest absolute Gasteiger partial charge is 0.410 e. The first kappa shape index (κ1) is 17.4. The van der Waals surface area contributed by atoms with Crippen LogP contribution >= 0.6 is 0 Å². The Balaban J connectivity index is 1.80. The summed E-state index contributed by atoms with van der Waals surface area (Å²) in [5.41, 5.74) is 0.0533. The van der Waals surface area contributed by atoms with Gasteiger partial charge in [-0.1, -0.05) is 12.1 Å². The Kier molecular flexibility index (Phi) is 4.28. The maximum Gasteiger partial charge on any atom is 0.410 e. The van der Waals surface area contributed by atoms with Crippen molar-refractivity contribution in [2.75, 3.05) is 13.1 Å². The van der Waals surface area contributed by atoms with Crippen molar-refractivity contribution in [3.05, 3.63) is 35.4 Å². The van der Waals surface area contributed by atoms with Gasteiger partial charge in [-0.05, 0) is 39.3 Å². The third-order valence-electron chi connectivity index (χ3n) is 4.25. The molecule has 1 saturated heterocycles. The molecular formula is C18H22N2O5. The average molecular weight is 346 g/mol. The molecule has 0 aromatic heterocycles. The van der Waals surface area contributed by atoms with Gasteiger partial charge in [0.15, 0.2) is 0 Å². The number of fused-ring (bicyclic) bond motifs is 1. The predicted molar refractivity (Wildman–Crippen MR) is 89.2 cm³/mol. The van der Waals surface area contributed by atoms with E-state index in [9.17, 15) is 19.5 Å². The van der Waals surface area contributed by atoms with E-state index in [2.05, 4.69) is 0 Å². The monoisotopic (exact) mass is 346 g/mol. The van der Waals surface area contributed by atoms with E-state index < -0.39 is 23.8 Å². The molecule has 1 N–H and O–H groups in total. The number of piperidine rings is 1. The van der Waals surface area contributed by atoms with Crippen LogP contribution in [0.25, 0.3) is 0 Å². The number of benzene rings is 1. The molecule has 0 bridgehead atoms. The van der Waals surface area contributed by atoms with Crippen molar-refractivity contribution in [3.63, 3.8) is 0 Å². The maximum absolute atomic E-state index is 12.6. The molecule has 7 nitrogen and oxygen atoms in total. The fourth-order valence-corrected chi connectivity index (χ4v) is 3.25. The lowest BCUT2D eigenvalue weighted by Gasteiger charge is -2.39. The van der Waals surface area contributed by atoms with Gasteiger partial charge in [0.1, 0.15) is 5.60 Å². The molecule has 2 atom stereocenters. The minimum atomic E-state index is -0.824. The molecule has 1 aromatic carbocycles. The summed E-state index contributed by atoms with van der Waals surface area (Å²) in [7, 11) is 0. The fraction of sp³-hybridized carbons (Fsp3) is 0.500. The van der Waals surface area contributed by atoms with E-state index in [1.54, 1.807) is 45.0 Å². The topological polar surface area (TPSA) is 87.2 Å². The lowest BCUT2D eigenvalue weighted by atomic mass is 10.0. The zero-order chi connectivity index (χ0) is 18.4. The molecule has 25 heavy (non-hydrogen) atoms. The van der Waals surface area contributed by atoms with Gasteiger partial charge in [-0.25, -0.2) is 4.79 Å². The second-order valence-electron chi connectivity index (χ2n) is 7.45. The molecule has 2 heterocycles. The van der Waals surface area contributed by atoms with Crippen LogP contribution < -0.4 is 0 Å². The van der Waals surface area contributed by atoms with Gasteiger partial charge in [0.2, 0.25) is 0 Å². The van der Waals surface area contributed by atoms with E-state index in [0.29, 0.717) is 11.1 Å². The summed E-state index contributed by atoms with van der Waals surface area (Å²) in [6.07, 6.45) is -1.14. The number of carbonyl (C=O) groups is 3. The molecule has 2 aliphatic rings. The van der Waals surface area contributed by atoms with Gasteiger partial charge in [0.25, 0.3) is 11.8 Å². The maximum atomic E-state index is 12.6. The summed E-state index contributed by atoms with van der Waals surface area (Å²) in [6.45, 7) is 5.54. The SMILES string of the molecule is CC(C)(C)OC(=O)N1C[C@@H](O)C[C@@H](N2C(=O)c3ccccc3C2=O)C1. The summed E-state index contributed by atoms with van der Waals surface area (Å²) in [5, 5.41) is 10.1. The molecule has 3 rings (SSSR count). The molecule has 134 valence electrons. The van der Waals surface area contributed by atoms with E-state index in [1.165, 1.54) is 4.90 Å². The van der Waals surface area contributed by atoms with E-state index in [-0.39, 0.29) is 31.3 Å². The van der Waals surface area contributed by atoms with Gasteiger partial charge in [-0.15, -0.1) is 0 Å². The van der Waals surface area contributed by atoms with Crippen LogP contribution in [0.5, 0.6) is 0 Å². The minimum absolute atomic E-state index is 0.120. The summed E-state index contributed by atoms with van der Waals surface area (Å²) < 4.78 is 5.34. The Hall–Kier alpha value is -2.41. The van der Waals surface area contributed by atoms with Crippen molar-refractivity contribution in [3.8, 4) is 0 Å². The number of likely N-dealkylation sites (tertiary alicyclic amines) is 1. The summed E-state index contributed by atoms with van der Waals surface area (Å²) >= 11 is 0. The minimum Gasteiger partial charge on any atom is -0.444 e. The molecule has 0 spiro atoms. The number of hydrogen-bond acceptors (Lipinski definition) is 5. The third-order valence-corrected chi connectivity index (χ3v) is 4.25. The Bertz CT molecular complexity index is 689. The molecule has 0 saturated carbocycles. The van der Waals surface area contributed by atoms with Crippen molar-refractivity contribution in [2.24, 2.45) is 0 Å². The number of aliphatic hydroxyl groups excluding tert-OH is 1. The Morgan fingerprint density at radius 2 is 1.68 bits per heavy atom. The fourth-order valence-electron chi connectivity index (χ4n) is 3.25. The quantitative estimate of drug-likeness (QED) is 0.782. The number of rotatable bonds is 1. The highest BCUT2D eigenvalue weighted by molar-refractivity contribution is 6.21. The van der Waals surface area contributed by atoms with Gasteiger partial charge in [-0.2, -0.15) is 0 Å². The van der Waals surface area contributed by atoms with Gasteiger partial charge in [-0.3, -0.25) is 14.5 Å². The first-order valence-electron chi connectivity index (χ1n) is 8.30. The molecule has 7 heteroatoms. The highest BCUT2D eigenvalue weighted by Gasteiger charge is 2.43. The lowest BCUT2D eigenvalue weighted by molar-refractivity contribution is -0.0133. The van der Waals surface area contributed by atoms with Gasteiger partial charge < -0.3 is 14.7 Å². The van der Waals surface area contributed by atoms with E-state index in [1.807, 2.05) is 0 Å². The van der Waals surface area contributed by atoms with Crippen LogP contribution in [0.3, 0.4) is 0 Å². The number of ether oxygens (including phenoxy) is 1. The Labute approximate surface area is 146 Å². The van der Waals surface area contributed by atoms with Crippen molar-refractivity contribution in [2.45, 2.75) is 44.9 Å². The Morgan fingerprint density at radius 3 is 2.20 bits per heavy atom. The van der Waals surface area contributed by atoms with E-state index in [0.717, 1.165) is 4.90 Å². The normalized spacial score (nSPS) is 23.7. The number of hydrogen-bond donors (Lipinski definition) is 1. The molecule has 0 aliphatic carbocycles. The second-order valence-corrected chi connectivity index (χ2v) is 7.45. The van der Waals surface area contributed by atoms with Crippen molar-refractivity contribution < 1.29 is 24.2 Å². The molecule has 1 fully saturated rings. The van der Waals surface area contributed by atoms with E-state index >= 15 is 0 Å². The average Bonchev–Trinajstić information content (AvgIpc) is 2.77. The molecule has 3 amide bonds. The molecule has 1 aromatic rings. The standard InChI is InChI=1S/C18H22N2O5/c1-18(2,3)25-17(24)19-9-11(8-12(21)10-19)20-15(22)13-6-4-5-7-14(13)16(20)23/h4-7,11-12,21H,8-10H2,1-3H3/t11-,12+/m1/s1. The van der Waals surface area contributed by atoms with Gasteiger partial charge in [0.05, 0.1) is 29.8 Å². The van der Waals surface area contributed by atoms with Crippen molar-refractivity contribution in [1.82, 2.24) is 9.80 Å². The van der Waals surface area contributed by atoms with Crippen LogP contribution in [0, 0.1) is 0 Å². The number of nitrogens with zero attached hydrogens (tertiary/aromatic N) is 2. The van der Waals surface area contributed by atoms with Crippen LogP contribution in [-0.4, -0.2) is 63.7 Å². The first-order valence-corrected chi connectivity index (χ1v) is 8.30. The summed E-state index contributed by atoms with van der Waals surface area (Å²) in [4.78, 5) is 40.0. The largest absolute Gasteiger partial charge is 0.444 e. The zero-order valence-electron chi connectivity index (χ0n) is 14.6. The van der Waals surface area contributed by atoms with Crippen molar-refractivity contribution >= 4 is 17.9 Å². The predicted octanol–water partition coefficient (Wildman–Crippen LogP) is 1.65. The number of carbonyl (C=O) groups excluding carboxylic acids is 3. The zero-order valence-corrected chi connectivity index (χ0v) is 14.6. The Morgan fingerprint density at radius 1 is 1.12 bits per heavy atom. The van der Waals surface area contributed by atoms with E-state index in [4.69, 9.17) is 4.74 Å². The highest BCUT2D eigenvalue weighted by atomic mass is 16.6. The lowest BCUT2D eigenvalue weighted by Crippen LogP contribution is -2.56. The summed E-state index contributed by atoms with van der Waals surface area (Å²) in [5.74, 6) is -0.771. The van der Waals surface area contributed by atoms with Gasteiger partial charge >= 0.3 is 6.09 Å². The van der Waals surface area contributed by atoms with Crippen LogP contribution in [0.15, 0.2) is 24.3 Å². The first-order chi connectivity index (χ1) is 11.7. The van der Waals surface area contributed by atoms with Crippen LogP contribution in [-0.2, 0) is 4.74 Å². The third kappa shape index (κ3) is 3.37. The number of amides is 3. The number of β-amino-alcohol motifs (C(OH)–C–C–N with tert-alkyl or cyclic N) is 1. The molecular weight excluding hydrogens is 324 g/mol. The van der Waals surface area contributed by atoms with Gasteiger partial charge in [0, 0.05) is 6.54 Å². The summed E-state index contributed by atoms with van der Waals surface area (Å²) in [6, 6.07) is 6.05. The molecule has 0 radical (unpaired) electrons. The number of imide groups is 1. The van der Waals surface area contributed by atoms with Crippen molar-refractivity contribution in [1.29, 1.82) is 0 Å². The molecule has 0 unspecified atom stereocenters. The molecule has 2 aliphatic heterocycles. The van der Waals surface area contributed by atoms with Crippen LogP contribution in [0.4, 0.5) is 4.79 Å². The highest BCUT2D eigenvalue weighted by Crippen LogP contribution is 2.28. The second kappa shape index (κ2) is 6.15. The number of aliphatic hydroxyl groups is 1. The van der Waals surface area contributed by atoms with Crippen LogP contribution in [0.2, 0.25) is 0 Å². The van der Waals surface area contributed by atoms with Crippen LogP contribution in [0.1, 0.15) is 47.9 Å².